The predicted octanol–water partition coefficient (Wildman–Crippen LogP) is 4.87. The van der Waals surface area contributed by atoms with Gasteiger partial charge < -0.3 is 19.2 Å². The molecule has 34 heavy (non-hydrogen) atoms. The fraction of sp³-hybridized carbons (Fsp3) is 0.480. The molecule has 3 aromatic rings. The molecule has 0 amide bonds. The highest BCUT2D eigenvalue weighted by Crippen LogP contribution is 2.42. The van der Waals surface area contributed by atoms with E-state index in [1.165, 1.54) is 12.8 Å². The van der Waals surface area contributed by atoms with Crippen molar-refractivity contribution in [2.45, 2.75) is 50.0 Å². The lowest BCUT2D eigenvalue weighted by molar-refractivity contribution is -0.137. The SMILES string of the molecule is CC1CN(C2COc3cc(C(F)(F)F)ccc3C2Nc2cccn3cc(C4CC4)nc23)CCO1. The van der Waals surface area contributed by atoms with Crippen LogP contribution in [0.2, 0.25) is 0 Å². The van der Waals surface area contributed by atoms with Gasteiger partial charge in [-0.15, -0.1) is 0 Å². The molecule has 1 aromatic carbocycles. The maximum Gasteiger partial charge on any atom is 0.416 e. The molecule has 3 atom stereocenters. The third-order valence-corrected chi connectivity index (χ3v) is 7.02. The smallest absolute Gasteiger partial charge is 0.416 e. The molecular weight excluding hydrogens is 445 g/mol. The molecule has 2 fully saturated rings. The number of rotatable bonds is 4. The number of benzene rings is 1. The summed E-state index contributed by atoms with van der Waals surface area (Å²) in [7, 11) is 0. The molecule has 1 aliphatic carbocycles. The third kappa shape index (κ3) is 4.01. The largest absolute Gasteiger partial charge is 0.491 e. The Kier molecular flexibility index (Phi) is 5.22. The number of fused-ring (bicyclic) bond motifs is 2. The molecule has 1 saturated carbocycles. The van der Waals surface area contributed by atoms with Crippen molar-refractivity contribution in [3.8, 4) is 5.75 Å². The number of hydrogen-bond acceptors (Lipinski definition) is 5. The summed E-state index contributed by atoms with van der Waals surface area (Å²) < 4.78 is 53.7. The summed E-state index contributed by atoms with van der Waals surface area (Å²) in [6.07, 6.45) is 2.05. The van der Waals surface area contributed by atoms with Gasteiger partial charge in [0.15, 0.2) is 5.65 Å². The number of hydrogen-bond donors (Lipinski definition) is 1. The maximum absolute atomic E-state index is 13.4. The van der Waals surface area contributed by atoms with E-state index in [9.17, 15) is 13.2 Å². The molecule has 9 heteroatoms. The van der Waals surface area contributed by atoms with Crippen LogP contribution < -0.4 is 10.1 Å². The molecular formula is C25H27F3N4O2. The highest BCUT2D eigenvalue weighted by atomic mass is 19.4. The number of ether oxygens (including phenoxy) is 2. The molecule has 0 spiro atoms. The standard InChI is InChI=1S/C25H27F3N4O2/c1-15-12-31(9-10-33-15)21-14-34-22-11-17(25(26,27)28)6-7-18(22)23(21)29-19-3-2-8-32-13-20(16-4-5-16)30-24(19)32/h2-3,6-8,11,13,15-16,21,23,29H,4-5,9-10,12,14H2,1H3. The van der Waals surface area contributed by atoms with Crippen LogP contribution in [0.3, 0.4) is 0 Å². The lowest BCUT2D eigenvalue weighted by Gasteiger charge is -2.44. The molecule has 2 aliphatic heterocycles. The Labute approximate surface area is 195 Å². The van der Waals surface area contributed by atoms with Crippen LogP contribution >= 0.6 is 0 Å². The van der Waals surface area contributed by atoms with Crippen LogP contribution in [-0.2, 0) is 10.9 Å². The van der Waals surface area contributed by atoms with Crippen molar-refractivity contribution in [3.05, 3.63) is 59.5 Å². The molecule has 1 N–H and O–H groups in total. The van der Waals surface area contributed by atoms with E-state index in [0.29, 0.717) is 19.1 Å². The Morgan fingerprint density at radius 3 is 2.79 bits per heavy atom. The highest BCUT2D eigenvalue weighted by molar-refractivity contribution is 5.69. The van der Waals surface area contributed by atoms with Gasteiger partial charge in [0.1, 0.15) is 12.4 Å². The molecule has 0 radical (unpaired) electrons. The van der Waals surface area contributed by atoms with Crippen LogP contribution in [0.5, 0.6) is 5.75 Å². The van der Waals surface area contributed by atoms with Crippen molar-refractivity contribution >= 4 is 11.3 Å². The van der Waals surface area contributed by atoms with Gasteiger partial charge in [0.25, 0.3) is 0 Å². The minimum absolute atomic E-state index is 0.0614. The number of halogens is 3. The summed E-state index contributed by atoms with van der Waals surface area (Å²) >= 11 is 0. The summed E-state index contributed by atoms with van der Waals surface area (Å²) in [5, 5.41) is 3.65. The minimum Gasteiger partial charge on any atom is -0.491 e. The van der Waals surface area contributed by atoms with Crippen molar-refractivity contribution in [1.29, 1.82) is 0 Å². The minimum atomic E-state index is -4.42. The van der Waals surface area contributed by atoms with Crippen LogP contribution in [-0.4, -0.2) is 52.7 Å². The first-order valence-electron chi connectivity index (χ1n) is 11.8. The number of alkyl halides is 3. The van der Waals surface area contributed by atoms with E-state index in [0.717, 1.165) is 47.8 Å². The van der Waals surface area contributed by atoms with Crippen LogP contribution in [0.4, 0.5) is 18.9 Å². The Morgan fingerprint density at radius 1 is 1.18 bits per heavy atom. The second-order valence-corrected chi connectivity index (χ2v) is 9.52. The molecule has 0 bridgehead atoms. The first kappa shape index (κ1) is 21.7. The molecule has 3 unspecified atom stereocenters. The number of nitrogens with one attached hydrogen (secondary N) is 1. The molecule has 2 aromatic heterocycles. The average Bonchev–Trinajstić information content (AvgIpc) is 3.57. The van der Waals surface area contributed by atoms with Crippen LogP contribution in [0, 0.1) is 0 Å². The molecule has 1 saturated heterocycles. The van der Waals surface area contributed by atoms with Crippen LogP contribution in [0.1, 0.15) is 48.5 Å². The Hall–Kier alpha value is -2.78. The number of aromatic nitrogens is 2. The molecule has 6 nitrogen and oxygen atoms in total. The monoisotopic (exact) mass is 472 g/mol. The van der Waals surface area contributed by atoms with Crippen LogP contribution in [0.25, 0.3) is 5.65 Å². The summed E-state index contributed by atoms with van der Waals surface area (Å²) in [6, 6.07) is 7.43. The summed E-state index contributed by atoms with van der Waals surface area (Å²) in [5.41, 5.74) is 2.80. The zero-order valence-electron chi connectivity index (χ0n) is 18.9. The summed E-state index contributed by atoms with van der Waals surface area (Å²) in [5.74, 6) is 0.804. The first-order valence-corrected chi connectivity index (χ1v) is 11.8. The fourth-order valence-electron chi connectivity index (χ4n) is 5.10. The van der Waals surface area contributed by atoms with E-state index in [-0.39, 0.29) is 23.9 Å². The van der Waals surface area contributed by atoms with E-state index in [1.54, 1.807) is 6.07 Å². The van der Waals surface area contributed by atoms with Gasteiger partial charge in [0.05, 0.1) is 41.7 Å². The van der Waals surface area contributed by atoms with Gasteiger partial charge in [-0.25, -0.2) is 4.98 Å². The van der Waals surface area contributed by atoms with Gasteiger partial charge in [-0.1, -0.05) is 6.07 Å². The van der Waals surface area contributed by atoms with Crippen molar-refractivity contribution in [2.75, 3.05) is 31.6 Å². The number of nitrogens with zero attached hydrogens (tertiary/aromatic N) is 3. The zero-order chi connectivity index (χ0) is 23.4. The number of morpholine rings is 1. The molecule has 180 valence electrons. The third-order valence-electron chi connectivity index (χ3n) is 7.02. The lowest BCUT2D eigenvalue weighted by atomic mass is 9.93. The van der Waals surface area contributed by atoms with Gasteiger partial charge in [-0.3, -0.25) is 4.90 Å². The van der Waals surface area contributed by atoms with Gasteiger partial charge in [-0.2, -0.15) is 13.2 Å². The fourth-order valence-corrected chi connectivity index (χ4v) is 5.10. The lowest BCUT2D eigenvalue weighted by Crippen LogP contribution is -2.54. The van der Waals surface area contributed by atoms with Gasteiger partial charge in [-0.05, 0) is 44.0 Å². The second-order valence-electron chi connectivity index (χ2n) is 9.52. The highest BCUT2D eigenvalue weighted by Gasteiger charge is 2.39. The number of anilines is 1. The predicted molar refractivity (Wildman–Crippen MR) is 121 cm³/mol. The van der Waals surface area contributed by atoms with Crippen molar-refractivity contribution in [2.24, 2.45) is 0 Å². The quantitative estimate of drug-likeness (QED) is 0.588. The van der Waals surface area contributed by atoms with Gasteiger partial charge in [0.2, 0.25) is 0 Å². The van der Waals surface area contributed by atoms with Gasteiger partial charge in [0, 0.05) is 37.0 Å². The average molecular weight is 473 g/mol. The summed E-state index contributed by atoms with van der Waals surface area (Å²) in [4.78, 5) is 7.19. The van der Waals surface area contributed by atoms with E-state index in [4.69, 9.17) is 14.5 Å². The Balaban J connectivity index is 1.39. The van der Waals surface area contributed by atoms with Crippen molar-refractivity contribution < 1.29 is 22.6 Å². The number of imidazole rings is 1. The van der Waals surface area contributed by atoms with E-state index in [1.807, 2.05) is 29.7 Å². The Morgan fingerprint density at radius 2 is 2.03 bits per heavy atom. The molecule has 6 rings (SSSR count). The zero-order valence-corrected chi connectivity index (χ0v) is 18.9. The number of pyridine rings is 1. The topological polar surface area (TPSA) is 51.0 Å². The van der Waals surface area contributed by atoms with E-state index in [2.05, 4.69) is 16.4 Å². The Bertz CT molecular complexity index is 1210. The second kappa shape index (κ2) is 8.16. The van der Waals surface area contributed by atoms with Crippen molar-refractivity contribution in [1.82, 2.24) is 14.3 Å². The van der Waals surface area contributed by atoms with E-state index >= 15 is 0 Å². The normalized spacial score (nSPS) is 25.7. The summed E-state index contributed by atoms with van der Waals surface area (Å²) in [6.45, 7) is 4.43. The van der Waals surface area contributed by atoms with Gasteiger partial charge >= 0.3 is 6.18 Å². The van der Waals surface area contributed by atoms with E-state index < -0.39 is 11.7 Å². The van der Waals surface area contributed by atoms with Crippen LogP contribution in [0.15, 0.2) is 42.7 Å². The van der Waals surface area contributed by atoms with Crippen molar-refractivity contribution in [3.63, 3.8) is 0 Å². The molecule has 3 aliphatic rings. The maximum atomic E-state index is 13.4. The first-order chi connectivity index (χ1) is 16.4. The molecule has 4 heterocycles.